The maximum atomic E-state index is 12.3. The highest BCUT2D eigenvalue weighted by atomic mass is 35.5. The first-order valence-corrected chi connectivity index (χ1v) is 6.57. The molecule has 2 nitrogen and oxygen atoms in total. The molecule has 0 aromatic heterocycles. The minimum absolute atomic E-state index is 0.0168. The van der Waals surface area contributed by atoms with Gasteiger partial charge in [-0.1, -0.05) is 41.4 Å². The average Bonchev–Trinajstić information content (AvgIpc) is 2.37. The fourth-order valence-electron chi connectivity index (χ4n) is 1.89. The normalized spacial score (nSPS) is 10.5. The summed E-state index contributed by atoms with van der Waals surface area (Å²) in [6, 6.07) is 10.6. The highest BCUT2D eigenvalue weighted by Crippen LogP contribution is 2.24. The largest absolute Gasteiger partial charge is 0.398 e. The van der Waals surface area contributed by atoms with E-state index in [2.05, 4.69) is 0 Å². The Morgan fingerprint density at radius 1 is 1.16 bits per heavy atom. The van der Waals surface area contributed by atoms with E-state index >= 15 is 0 Å². The molecule has 0 heterocycles. The highest BCUT2D eigenvalue weighted by Gasteiger charge is 2.12. The summed E-state index contributed by atoms with van der Waals surface area (Å²) in [7, 11) is 0. The lowest BCUT2D eigenvalue weighted by atomic mass is 9.98. The summed E-state index contributed by atoms with van der Waals surface area (Å²) in [6.07, 6.45) is 0.279. The zero-order valence-electron chi connectivity index (χ0n) is 10.4. The SMILES string of the molecule is Cc1c(N)cccc1C(=O)Cc1ccc(Cl)c(Cl)c1. The van der Waals surface area contributed by atoms with E-state index < -0.39 is 0 Å². The number of ketones is 1. The summed E-state index contributed by atoms with van der Waals surface area (Å²) in [5.41, 5.74) is 8.72. The van der Waals surface area contributed by atoms with Gasteiger partial charge in [0, 0.05) is 17.7 Å². The zero-order chi connectivity index (χ0) is 14.0. The molecule has 0 spiro atoms. The smallest absolute Gasteiger partial charge is 0.167 e. The van der Waals surface area contributed by atoms with Crippen molar-refractivity contribution in [3.05, 3.63) is 63.1 Å². The van der Waals surface area contributed by atoms with Gasteiger partial charge in [0.05, 0.1) is 10.0 Å². The molecule has 0 unspecified atom stereocenters. The lowest BCUT2D eigenvalue weighted by molar-refractivity contribution is 0.0992. The molecular weight excluding hydrogens is 281 g/mol. The topological polar surface area (TPSA) is 43.1 Å². The summed E-state index contributed by atoms with van der Waals surface area (Å²) < 4.78 is 0. The molecule has 2 rings (SSSR count). The minimum atomic E-state index is 0.0168. The predicted molar refractivity (Wildman–Crippen MR) is 80.1 cm³/mol. The molecule has 0 bridgehead atoms. The van der Waals surface area contributed by atoms with Gasteiger partial charge in [0.1, 0.15) is 0 Å². The molecule has 4 heteroatoms. The Morgan fingerprint density at radius 3 is 2.58 bits per heavy atom. The second kappa shape index (κ2) is 5.64. The van der Waals surface area contributed by atoms with Gasteiger partial charge in [-0.3, -0.25) is 4.79 Å². The molecule has 0 fully saturated rings. The van der Waals surface area contributed by atoms with Crippen molar-refractivity contribution in [3.8, 4) is 0 Å². The number of carbonyl (C=O) groups excluding carboxylic acids is 1. The van der Waals surface area contributed by atoms with Crippen molar-refractivity contribution in [2.75, 3.05) is 5.73 Å². The van der Waals surface area contributed by atoms with Gasteiger partial charge in [0.15, 0.2) is 5.78 Å². The molecule has 2 aromatic rings. The molecular formula is C15H13Cl2NO. The van der Waals surface area contributed by atoms with Crippen molar-refractivity contribution < 1.29 is 4.79 Å². The summed E-state index contributed by atoms with van der Waals surface area (Å²) in [5, 5.41) is 0.939. The van der Waals surface area contributed by atoms with Gasteiger partial charge in [-0.05, 0) is 36.2 Å². The molecule has 0 saturated heterocycles. The Labute approximate surface area is 122 Å². The molecule has 0 radical (unpaired) electrons. The van der Waals surface area contributed by atoms with Crippen LogP contribution in [0.15, 0.2) is 36.4 Å². The molecule has 2 N–H and O–H groups in total. The van der Waals surface area contributed by atoms with E-state index in [9.17, 15) is 4.79 Å². The quantitative estimate of drug-likeness (QED) is 0.677. The average molecular weight is 294 g/mol. The Kier molecular flexibility index (Phi) is 4.13. The minimum Gasteiger partial charge on any atom is -0.398 e. The van der Waals surface area contributed by atoms with Gasteiger partial charge < -0.3 is 5.73 Å². The monoisotopic (exact) mass is 293 g/mol. The Morgan fingerprint density at radius 2 is 1.89 bits per heavy atom. The molecule has 0 saturated carbocycles. The Hall–Kier alpha value is -1.51. The van der Waals surface area contributed by atoms with E-state index in [1.54, 1.807) is 36.4 Å². The van der Waals surface area contributed by atoms with Crippen molar-refractivity contribution in [2.45, 2.75) is 13.3 Å². The second-order valence-corrected chi connectivity index (χ2v) is 5.18. The van der Waals surface area contributed by atoms with E-state index in [4.69, 9.17) is 28.9 Å². The zero-order valence-corrected chi connectivity index (χ0v) is 11.9. The fraction of sp³-hybridized carbons (Fsp3) is 0.133. The number of anilines is 1. The molecule has 0 atom stereocenters. The number of hydrogen-bond donors (Lipinski definition) is 1. The first kappa shape index (κ1) is 13.9. The van der Waals surface area contributed by atoms with E-state index in [0.29, 0.717) is 21.3 Å². The van der Waals surface area contributed by atoms with Crippen molar-refractivity contribution in [3.63, 3.8) is 0 Å². The van der Waals surface area contributed by atoms with Crippen molar-refractivity contribution >= 4 is 34.7 Å². The van der Waals surface area contributed by atoms with Gasteiger partial charge in [0.25, 0.3) is 0 Å². The predicted octanol–water partition coefficient (Wildman–Crippen LogP) is 4.31. The molecule has 0 aliphatic heterocycles. The van der Waals surface area contributed by atoms with Gasteiger partial charge in [-0.15, -0.1) is 0 Å². The van der Waals surface area contributed by atoms with Gasteiger partial charge in [-0.2, -0.15) is 0 Å². The third kappa shape index (κ3) is 3.09. The third-order valence-electron chi connectivity index (χ3n) is 3.02. The molecule has 0 aliphatic rings. The van der Waals surface area contributed by atoms with E-state index in [-0.39, 0.29) is 12.2 Å². The first-order chi connectivity index (χ1) is 8.99. The Bertz CT molecular complexity index is 638. The van der Waals surface area contributed by atoms with Crippen LogP contribution >= 0.6 is 23.2 Å². The lowest BCUT2D eigenvalue weighted by Crippen LogP contribution is -2.07. The molecule has 0 aliphatic carbocycles. The lowest BCUT2D eigenvalue weighted by Gasteiger charge is -2.08. The second-order valence-electron chi connectivity index (χ2n) is 4.37. The number of halogens is 2. The van der Waals surface area contributed by atoms with Crippen LogP contribution in [-0.4, -0.2) is 5.78 Å². The van der Waals surface area contributed by atoms with Crippen molar-refractivity contribution in [1.82, 2.24) is 0 Å². The number of nitrogen functional groups attached to an aromatic ring is 1. The van der Waals surface area contributed by atoms with E-state index in [0.717, 1.165) is 11.1 Å². The standard InChI is InChI=1S/C15H13Cl2NO/c1-9-11(3-2-4-14(9)18)15(19)8-10-5-6-12(16)13(17)7-10/h2-7H,8,18H2,1H3. The summed E-state index contributed by atoms with van der Waals surface area (Å²) in [4.78, 5) is 12.3. The number of benzene rings is 2. The number of hydrogen-bond acceptors (Lipinski definition) is 2. The highest BCUT2D eigenvalue weighted by molar-refractivity contribution is 6.42. The van der Waals surface area contributed by atoms with Crippen LogP contribution in [-0.2, 0) is 6.42 Å². The molecule has 0 amide bonds. The maximum Gasteiger partial charge on any atom is 0.167 e. The van der Waals surface area contributed by atoms with Gasteiger partial charge in [-0.25, -0.2) is 0 Å². The molecule has 98 valence electrons. The van der Waals surface area contributed by atoms with Gasteiger partial charge in [0.2, 0.25) is 0 Å². The van der Waals surface area contributed by atoms with Crippen LogP contribution in [0.25, 0.3) is 0 Å². The summed E-state index contributed by atoms with van der Waals surface area (Å²) >= 11 is 11.8. The van der Waals surface area contributed by atoms with E-state index in [1.807, 2.05) is 6.92 Å². The third-order valence-corrected chi connectivity index (χ3v) is 3.76. The van der Waals surface area contributed by atoms with Crippen LogP contribution in [0, 0.1) is 6.92 Å². The van der Waals surface area contributed by atoms with Gasteiger partial charge >= 0.3 is 0 Å². The van der Waals surface area contributed by atoms with Crippen molar-refractivity contribution in [1.29, 1.82) is 0 Å². The van der Waals surface area contributed by atoms with Crippen LogP contribution in [0.5, 0.6) is 0 Å². The van der Waals surface area contributed by atoms with Crippen LogP contribution in [0.3, 0.4) is 0 Å². The molecule has 19 heavy (non-hydrogen) atoms. The van der Waals surface area contributed by atoms with Crippen LogP contribution in [0.4, 0.5) is 5.69 Å². The number of nitrogens with two attached hydrogens (primary N) is 1. The van der Waals surface area contributed by atoms with Crippen LogP contribution in [0.2, 0.25) is 10.0 Å². The number of rotatable bonds is 3. The number of Topliss-reactive ketones (excluding diaryl/α,β-unsaturated/α-hetero) is 1. The van der Waals surface area contributed by atoms with E-state index in [1.165, 1.54) is 0 Å². The fourth-order valence-corrected chi connectivity index (χ4v) is 2.21. The first-order valence-electron chi connectivity index (χ1n) is 5.81. The van der Waals surface area contributed by atoms with Crippen LogP contribution < -0.4 is 5.73 Å². The maximum absolute atomic E-state index is 12.3. The molecule has 2 aromatic carbocycles. The van der Waals surface area contributed by atoms with Crippen LogP contribution in [0.1, 0.15) is 21.5 Å². The van der Waals surface area contributed by atoms with Crippen molar-refractivity contribution in [2.24, 2.45) is 0 Å². The summed E-state index contributed by atoms with van der Waals surface area (Å²) in [5.74, 6) is 0.0168. The number of carbonyl (C=O) groups is 1. The Balaban J connectivity index is 2.26. The summed E-state index contributed by atoms with van der Waals surface area (Å²) in [6.45, 7) is 1.84.